The Morgan fingerprint density at radius 3 is 2.25 bits per heavy atom. The Hall–Kier alpha value is -5.76. The van der Waals surface area contributed by atoms with E-state index in [2.05, 4.69) is 40.6 Å². The molecule has 0 saturated carbocycles. The van der Waals surface area contributed by atoms with E-state index < -0.39 is 70.1 Å². The topological polar surface area (TPSA) is 398 Å². The Morgan fingerprint density at radius 1 is 1.03 bits per heavy atom. The van der Waals surface area contributed by atoms with Gasteiger partial charge < -0.3 is 51.1 Å². The van der Waals surface area contributed by atoms with E-state index in [1.807, 2.05) is 11.9 Å². The molecule has 0 radical (unpaired) electrons. The van der Waals surface area contributed by atoms with E-state index in [0.29, 0.717) is 23.4 Å². The van der Waals surface area contributed by atoms with Crippen LogP contribution in [0.1, 0.15) is 32.9 Å². The molecule has 31 heteroatoms. The van der Waals surface area contributed by atoms with Gasteiger partial charge in [0.15, 0.2) is 10.8 Å². The number of carboxylic acids is 2. The third-order valence-electron chi connectivity index (χ3n) is 11.0. The number of carboxylic acid groups (broad SMARTS) is 2. The maximum absolute atomic E-state index is 12.7. The van der Waals surface area contributed by atoms with Crippen molar-refractivity contribution in [3.63, 3.8) is 0 Å². The second-order valence-electron chi connectivity index (χ2n) is 15.8. The zero-order chi connectivity index (χ0) is 50.0. The Labute approximate surface area is 423 Å². The number of thioether (sulfide) groups is 2. The number of nitrogens with two attached hydrogens (primary N) is 1. The summed E-state index contributed by atoms with van der Waals surface area (Å²) in [4.78, 5) is 139. The van der Waals surface area contributed by atoms with Crippen molar-refractivity contribution < 1.29 is 58.5 Å². The number of nitrogen functional groups attached to an aromatic ring is 1. The van der Waals surface area contributed by atoms with Crippen LogP contribution in [0.15, 0.2) is 46.8 Å². The molecule has 5 aliphatic rings. The van der Waals surface area contributed by atoms with Crippen LogP contribution in [-0.4, -0.2) is 207 Å². The van der Waals surface area contributed by atoms with E-state index >= 15 is 0 Å². The average Bonchev–Trinajstić information content (AvgIpc) is 4.06. The van der Waals surface area contributed by atoms with Crippen LogP contribution in [0.5, 0.6) is 0 Å². The van der Waals surface area contributed by atoms with Crippen LogP contribution in [0.2, 0.25) is 0 Å². The van der Waals surface area contributed by atoms with Crippen LogP contribution in [0.3, 0.4) is 0 Å². The number of fused-ring (bicyclic) bond motifs is 3. The van der Waals surface area contributed by atoms with Gasteiger partial charge in [0.2, 0.25) is 11.8 Å². The van der Waals surface area contributed by atoms with Crippen LogP contribution in [0.4, 0.5) is 5.13 Å². The molecule has 8 rings (SSSR count). The first-order chi connectivity index (χ1) is 32.0. The molecule has 0 aliphatic carbocycles. The Morgan fingerprint density at radius 2 is 1.68 bits per heavy atom. The van der Waals surface area contributed by atoms with E-state index in [9.17, 15) is 63.3 Å². The van der Waals surface area contributed by atoms with Gasteiger partial charge in [0.05, 0.1) is 24.1 Å². The third kappa shape index (κ3) is 11.3. The molecule has 8 heterocycles. The van der Waals surface area contributed by atoms with E-state index in [1.54, 1.807) is 25.9 Å². The van der Waals surface area contributed by atoms with E-state index in [0.717, 1.165) is 16.2 Å². The van der Waals surface area contributed by atoms with Crippen molar-refractivity contribution >= 4 is 128 Å². The molecule has 27 nitrogen and oxygen atoms in total. The number of rotatable bonds is 12. The molecule has 5 aliphatic heterocycles. The van der Waals surface area contributed by atoms with E-state index in [4.69, 9.17) is 10.5 Å². The number of hydrogen-bond acceptors (Lipinski definition) is 20. The number of aromatic amines is 4. The number of amides is 4. The van der Waals surface area contributed by atoms with Gasteiger partial charge in [-0.25, -0.2) is 24.2 Å². The van der Waals surface area contributed by atoms with Gasteiger partial charge >= 0.3 is 58.8 Å². The first-order valence-electron chi connectivity index (χ1n) is 20.3. The Balaban J connectivity index is 0.000000207. The number of carbonyl (C=O) groups excluding carboxylic acids is 5. The monoisotopic (exact) mass is 1030 g/mol. The summed E-state index contributed by atoms with van der Waals surface area (Å²) in [5, 5.41) is 39.6. The van der Waals surface area contributed by atoms with Crippen molar-refractivity contribution in [1.82, 2.24) is 50.3 Å². The SMILES string of the molecule is CO/N=C(/C(=O)N[C@@H]1C(=O)N2C(C(=O)O)=C(COC(C)=O)CS[C@H]12)c1csc(N)n1.C[C@@H](O)[C@H]1C(=O)N2C(C(=O)O)=C(S[C@@H]3CN[C@H](C(=O)N(C)C)C3)[C@H](C)[C@H]12.O=c1[nH]c(=O)c2[nH]c(=O)[nH]c2[nH]1.[NaH]. The summed E-state index contributed by atoms with van der Waals surface area (Å²) in [6.45, 7) is 5.05. The summed E-state index contributed by atoms with van der Waals surface area (Å²) in [7, 11) is 4.67. The molecule has 11 N–H and O–H groups in total. The van der Waals surface area contributed by atoms with Gasteiger partial charge in [-0.15, -0.1) is 34.9 Å². The number of β-lactam (4-membered cyclic amide) rings is 2. The third-order valence-corrected chi connectivity index (χ3v) is 14.5. The van der Waals surface area contributed by atoms with Gasteiger partial charge in [-0.1, -0.05) is 12.1 Å². The fourth-order valence-electron chi connectivity index (χ4n) is 7.99. The number of likely N-dealkylation sites (N-methyl/N-ethyl adjacent to an activating group) is 1. The van der Waals surface area contributed by atoms with Crippen molar-refractivity contribution in [2.75, 3.05) is 45.8 Å². The quantitative estimate of drug-likeness (QED) is 0.0279. The molecule has 69 heavy (non-hydrogen) atoms. The number of ether oxygens (including phenoxy) is 1. The zero-order valence-electron chi connectivity index (χ0n) is 36.8. The summed E-state index contributed by atoms with van der Waals surface area (Å²) >= 11 is 3.80. The van der Waals surface area contributed by atoms with Crippen LogP contribution in [0, 0.1) is 11.8 Å². The van der Waals surface area contributed by atoms with Crippen molar-refractivity contribution in [3.05, 3.63) is 64.3 Å². The number of nitrogens with one attached hydrogen (secondary N) is 6. The molecule has 3 fully saturated rings. The van der Waals surface area contributed by atoms with Gasteiger partial charge in [0, 0.05) is 60.3 Å². The first-order valence-corrected chi connectivity index (χ1v) is 23.1. The Bertz CT molecular complexity index is 2830. The number of esters is 1. The molecular formula is C38H47N12NaO15S3. The molecule has 3 saturated heterocycles. The van der Waals surface area contributed by atoms with Crippen LogP contribution in [0.25, 0.3) is 11.2 Å². The zero-order valence-corrected chi connectivity index (χ0v) is 39.3. The van der Waals surface area contributed by atoms with E-state index in [1.165, 1.54) is 47.8 Å². The average molecular weight is 1030 g/mol. The predicted molar refractivity (Wildman–Crippen MR) is 250 cm³/mol. The number of H-pyrrole nitrogens is 4. The number of aliphatic hydroxyl groups excluding tert-OH is 1. The molecule has 3 aromatic heterocycles. The van der Waals surface area contributed by atoms with Crippen molar-refractivity contribution in [2.24, 2.45) is 17.0 Å². The predicted octanol–water partition coefficient (Wildman–Crippen LogP) is -3.35. The van der Waals surface area contributed by atoms with E-state index in [-0.39, 0.29) is 116 Å². The van der Waals surface area contributed by atoms with Crippen LogP contribution >= 0.6 is 34.9 Å². The van der Waals surface area contributed by atoms with Crippen LogP contribution < -0.4 is 33.3 Å². The van der Waals surface area contributed by atoms with Crippen molar-refractivity contribution in [1.29, 1.82) is 0 Å². The molecule has 368 valence electrons. The second kappa shape index (κ2) is 22.3. The Kier molecular flexibility index (Phi) is 17.5. The minimum atomic E-state index is -1.32. The number of aromatic nitrogens is 5. The molecular weight excluding hydrogens is 984 g/mol. The number of aliphatic hydroxyl groups is 1. The summed E-state index contributed by atoms with van der Waals surface area (Å²) in [5.41, 5.74) is 4.05. The second-order valence-corrected chi connectivity index (χ2v) is 19.1. The van der Waals surface area contributed by atoms with Gasteiger partial charge in [0.1, 0.15) is 53.4 Å². The van der Waals surface area contributed by atoms with Crippen molar-refractivity contribution in [3.8, 4) is 0 Å². The summed E-state index contributed by atoms with van der Waals surface area (Å²) in [6, 6.07) is -1.54. The normalized spacial score (nSPS) is 24.0. The van der Waals surface area contributed by atoms with Gasteiger partial charge in [-0.3, -0.25) is 53.6 Å². The molecule has 0 unspecified atom stereocenters. The minimum absolute atomic E-state index is 0. The maximum atomic E-state index is 12.7. The fourth-order valence-corrected chi connectivity index (χ4v) is 11.3. The van der Waals surface area contributed by atoms with Gasteiger partial charge in [-0.05, 0) is 13.3 Å². The van der Waals surface area contributed by atoms with Gasteiger partial charge in [-0.2, -0.15) is 0 Å². The number of oxime groups is 1. The number of aliphatic carboxylic acids is 2. The number of anilines is 1. The summed E-state index contributed by atoms with van der Waals surface area (Å²) in [6.07, 6.45) is -0.190. The molecule has 0 spiro atoms. The molecule has 4 amide bonds. The molecule has 8 atom stereocenters. The van der Waals surface area contributed by atoms with Crippen molar-refractivity contribution in [2.45, 2.75) is 62.0 Å². The first kappa shape index (κ1) is 54.2. The van der Waals surface area contributed by atoms with Gasteiger partial charge in [0.25, 0.3) is 17.4 Å². The number of hydrogen-bond donors (Lipinski definition) is 10. The summed E-state index contributed by atoms with van der Waals surface area (Å²) in [5.74, 6) is -5.12. The fraction of sp³-hybridized carbons (Fsp3) is 0.474. The number of thiazole rings is 1. The molecule has 3 aromatic rings. The molecule has 0 aromatic carbocycles. The summed E-state index contributed by atoms with van der Waals surface area (Å²) < 4.78 is 4.88. The number of imidazole rings is 1. The van der Waals surface area contributed by atoms with Crippen LogP contribution in [-0.2, 0) is 43.1 Å². The number of carbonyl (C=O) groups is 7. The number of nitrogens with zero attached hydrogens (tertiary/aromatic N) is 5. The molecule has 0 bridgehead atoms. The standard InChI is InChI=1S/C17H25N3O5S.C16H17N5O7S2.C5H4N4O3.Na.H/c1-7-12-11(8(2)21)16(23)20(12)13(17(24)25)14(7)26-9-5-10(18-6-9)15(22)19(3)4;1-6(22)28-3-7-4-29-14-10(13(24)21(14)11(7)15(25)26)19-12(23)9(20-27-2)8-5-30-16(17)18-8;10-3-1-2(7-4(11)6-1)8-5(12)9-3;;/h7-12,18,21H,5-6H2,1-4H3,(H,24,25);5,10,14H,3-4H2,1-2H3,(H2,17,18)(H,19,23)(H,25,26);(H4,6,7,8,9,10,11,12);;/b;20-9+;;;/t7-,8-,9+,10+,11-,12-;10-,14-;;;/m11.../s1.